The van der Waals surface area contributed by atoms with E-state index in [0.29, 0.717) is 17.5 Å². The number of fused-ring (bicyclic) bond motifs is 7. The van der Waals surface area contributed by atoms with Gasteiger partial charge in [-0.25, -0.2) is 15.0 Å². The molecular weight excluding hydrogens is 629 g/mol. The van der Waals surface area contributed by atoms with Crippen LogP contribution < -0.4 is 0 Å². The molecule has 0 bridgehead atoms. The van der Waals surface area contributed by atoms with Gasteiger partial charge in [0.2, 0.25) is 0 Å². The van der Waals surface area contributed by atoms with Crippen molar-refractivity contribution in [1.29, 1.82) is 0 Å². The standard InChI is InChI=1S/C45H28N4S/c1-4-14-29(15-5-1)43-46-44(30-16-6-2-7-17-30)48-45(47-43)32-19-12-18-31(28-32)34-23-13-24-37-38-27-26-36-35-22-10-11-25-39(35)49(33-20-8-3-9-21-33)40(36)42(38)50-41(34)37/h1-28H. The molecule has 0 fully saturated rings. The van der Waals surface area contributed by atoms with E-state index in [4.69, 9.17) is 15.0 Å². The van der Waals surface area contributed by atoms with E-state index in [9.17, 15) is 0 Å². The van der Waals surface area contributed by atoms with Gasteiger partial charge in [0.15, 0.2) is 17.5 Å². The van der Waals surface area contributed by atoms with Crippen molar-refractivity contribution in [2.45, 2.75) is 0 Å². The fourth-order valence-electron chi connectivity index (χ4n) is 7.14. The number of hydrogen-bond donors (Lipinski definition) is 0. The summed E-state index contributed by atoms with van der Waals surface area (Å²) < 4.78 is 4.99. The molecule has 0 spiro atoms. The summed E-state index contributed by atoms with van der Waals surface area (Å²) in [6.45, 7) is 0. The summed E-state index contributed by atoms with van der Waals surface area (Å²) in [4.78, 5) is 14.9. The van der Waals surface area contributed by atoms with Crippen molar-refractivity contribution in [1.82, 2.24) is 19.5 Å². The van der Waals surface area contributed by atoms with Crippen molar-refractivity contribution >= 4 is 53.3 Å². The summed E-state index contributed by atoms with van der Waals surface area (Å²) >= 11 is 1.88. The lowest BCUT2D eigenvalue weighted by molar-refractivity contribution is 1.07. The third kappa shape index (κ3) is 4.63. The van der Waals surface area contributed by atoms with Gasteiger partial charge < -0.3 is 4.57 Å². The van der Waals surface area contributed by atoms with Crippen molar-refractivity contribution < 1.29 is 0 Å². The van der Waals surface area contributed by atoms with Crippen molar-refractivity contribution in [3.63, 3.8) is 0 Å². The van der Waals surface area contributed by atoms with Crippen LogP contribution in [0.3, 0.4) is 0 Å². The quantitative estimate of drug-likeness (QED) is 0.185. The molecule has 0 aliphatic carbocycles. The highest BCUT2D eigenvalue weighted by molar-refractivity contribution is 7.27. The van der Waals surface area contributed by atoms with Gasteiger partial charge in [-0.1, -0.05) is 146 Å². The average Bonchev–Trinajstić information content (AvgIpc) is 3.75. The first-order chi connectivity index (χ1) is 24.8. The Morgan fingerprint density at radius 3 is 1.62 bits per heavy atom. The molecule has 3 aromatic heterocycles. The van der Waals surface area contributed by atoms with Crippen LogP contribution in [0.4, 0.5) is 0 Å². The van der Waals surface area contributed by atoms with Crippen molar-refractivity contribution in [3.05, 3.63) is 170 Å². The normalized spacial score (nSPS) is 11.6. The predicted octanol–water partition coefficient (Wildman–Crippen LogP) is 12.0. The lowest BCUT2D eigenvalue weighted by Crippen LogP contribution is -2.00. The van der Waals surface area contributed by atoms with Gasteiger partial charge in [-0.05, 0) is 35.4 Å². The fraction of sp³-hybridized carbons (Fsp3) is 0. The van der Waals surface area contributed by atoms with Crippen molar-refractivity contribution in [2.75, 3.05) is 0 Å². The monoisotopic (exact) mass is 656 g/mol. The molecule has 0 radical (unpaired) electrons. The van der Waals surface area contributed by atoms with E-state index in [1.807, 2.05) is 72.0 Å². The first-order valence-corrected chi connectivity index (χ1v) is 17.5. The number of benzene rings is 7. The van der Waals surface area contributed by atoms with Gasteiger partial charge >= 0.3 is 0 Å². The van der Waals surface area contributed by atoms with E-state index in [0.717, 1.165) is 22.3 Å². The van der Waals surface area contributed by atoms with Crippen LogP contribution in [-0.2, 0) is 0 Å². The van der Waals surface area contributed by atoms with Crippen LogP contribution >= 0.6 is 11.3 Å². The van der Waals surface area contributed by atoms with E-state index >= 15 is 0 Å². The van der Waals surface area contributed by atoms with Crippen LogP contribution in [0.5, 0.6) is 0 Å². The predicted molar refractivity (Wildman–Crippen MR) is 209 cm³/mol. The maximum absolute atomic E-state index is 5.00. The van der Waals surface area contributed by atoms with Crippen LogP contribution in [-0.4, -0.2) is 19.5 Å². The molecule has 3 heterocycles. The number of nitrogens with zero attached hydrogens (tertiary/aromatic N) is 4. The first kappa shape index (κ1) is 28.6. The second-order valence-electron chi connectivity index (χ2n) is 12.4. The largest absolute Gasteiger partial charge is 0.308 e. The second-order valence-corrected chi connectivity index (χ2v) is 13.5. The van der Waals surface area contributed by atoms with Gasteiger partial charge in [0.1, 0.15) is 0 Å². The molecule has 0 unspecified atom stereocenters. The summed E-state index contributed by atoms with van der Waals surface area (Å²) in [6.07, 6.45) is 0. The summed E-state index contributed by atoms with van der Waals surface area (Å²) in [5, 5.41) is 5.07. The minimum Gasteiger partial charge on any atom is -0.308 e. The molecule has 0 amide bonds. The highest BCUT2D eigenvalue weighted by Gasteiger charge is 2.19. The van der Waals surface area contributed by atoms with E-state index < -0.39 is 0 Å². The van der Waals surface area contributed by atoms with Crippen LogP contribution in [0.2, 0.25) is 0 Å². The number of para-hydroxylation sites is 2. The topological polar surface area (TPSA) is 43.6 Å². The molecular formula is C45H28N4S. The molecule has 0 saturated heterocycles. The van der Waals surface area contributed by atoms with Gasteiger partial charge in [-0.2, -0.15) is 0 Å². The zero-order valence-electron chi connectivity index (χ0n) is 26.9. The van der Waals surface area contributed by atoms with Gasteiger partial charge in [0.05, 0.1) is 15.7 Å². The van der Waals surface area contributed by atoms with Gasteiger partial charge in [-0.15, -0.1) is 11.3 Å². The highest BCUT2D eigenvalue weighted by atomic mass is 32.1. The summed E-state index contributed by atoms with van der Waals surface area (Å²) in [5.74, 6) is 1.96. The first-order valence-electron chi connectivity index (χ1n) is 16.7. The molecule has 0 atom stereocenters. The lowest BCUT2D eigenvalue weighted by Gasteiger charge is -2.10. The molecule has 4 nitrogen and oxygen atoms in total. The van der Waals surface area contributed by atoms with Crippen LogP contribution in [0.25, 0.3) is 93.0 Å². The van der Waals surface area contributed by atoms with Gasteiger partial charge in [0.25, 0.3) is 0 Å². The maximum atomic E-state index is 5.00. The SMILES string of the molecule is c1ccc(-c2nc(-c3ccccc3)nc(-c3cccc(-c4cccc5c4sc4c5ccc5c6ccccc6n(-c6ccccc6)c54)c3)n2)cc1. The minimum atomic E-state index is 0.650. The molecule has 0 aliphatic rings. The molecule has 5 heteroatoms. The smallest absolute Gasteiger partial charge is 0.164 e. The number of rotatable bonds is 5. The van der Waals surface area contributed by atoms with Gasteiger partial charge in [-0.3, -0.25) is 0 Å². The molecule has 234 valence electrons. The summed E-state index contributed by atoms with van der Waals surface area (Å²) in [5.41, 5.74) is 8.82. The number of hydrogen-bond acceptors (Lipinski definition) is 4. The van der Waals surface area contributed by atoms with E-state index in [1.54, 1.807) is 0 Å². The Kier molecular flexibility index (Phi) is 6.64. The second kappa shape index (κ2) is 11.6. The average molecular weight is 657 g/mol. The third-order valence-electron chi connectivity index (χ3n) is 9.45. The summed E-state index contributed by atoms with van der Waals surface area (Å²) in [7, 11) is 0. The van der Waals surface area contributed by atoms with Crippen molar-refractivity contribution in [2.24, 2.45) is 0 Å². The Labute approximate surface area is 292 Å². The minimum absolute atomic E-state index is 0.650. The Morgan fingerprint density at radius 2 is 0.900 bits per heavy atom. The van der Waals surface area contributed by atoms with E-state index in [2.05, 4.69) is 114 Å². The molecule has 7 aromatic carbocycles. The zero-order chi connectivity index (χ0) is 33.0. The Morgan fingerprint density at radius 1 is 0.380 bits per heavy atom. The lowest BCUT2D eigenvalue weighted by atomic mass is 10.00. The number of thiophene rings is 1. The molecule has 0 saturated carbocycles. The van der Waals surface area contributed by atoms with Crippen LogP contribution in [0, 0.1) is 0 Å². The summed E-state index contributed by atoms with van der Waals surface area (Å²) in [6, 6.07) is 59.6. The fourth-order valence-corrected chi connectivity index (χ4v) is 8.51. The highest BCUT2D eigenvalue weighted by Crippen LogP contribution is 2.45. The van der Waals surface area contributed by atoms with Crippen LogP contribution in [0.15, 0.2) is 170 Å². The molecule has 0 aliphatic heterocycles. The van der Waals surface area contributed by atoms with E-state index in [1.165, 1.54) is 53.2 Å². The molecule has 0 N–H and O–H groups in total. The van der Waals surface area contributed by atoms with Crippen molar-refractivity contribution in [3.8, 4) is 51.0 Å². The zero-order valence-corrected chi connectivity index (χ0v) is 27.7. The molecule has 10 aromatic rings. The van der Waals surface area contributed by atoms with Crippen LogP contribution in [0.1, 0.15) is 0 Å². The molecule has 10 rings (SSSR count). The van der Waals surface area contributed by atoms with Gasteiger partial charge in [0, 0.05) is 48.6 Å². The molecule has 50 heavy (non-hydrogen) atoms. The Balaban J connectivity index is 1.17. The maximum Gasteiger partial charge on any atom is 0.164 e. The number of aromatic nitrogens is 4. The Bertz CT molecular complexity index is 2800. The Hall–Kier alpha value is -6.43. The van der Waals surface area contributed by atoms with E-state index in [-0.39, 0.29) is 0 Å². The third-order valence-corrected chi connectivity index (χ3v) is 10.7.